The molecule has 0 saturated heterocycles. The molecule has 3 heterocycles. The van der Waals surface area contributed by atoms with Crippen LogP contribution in [0.3, 0.4) is 0 Å². The van der Waals surface area contributed by atoms with E-state index in [1.54, 1.807) is 0 Å². The van der Waals surface area contributed by atoms with Crippen molar-refractivity contribution in [3.8, 4) is 22.3 Å². The Balaban J connectivity index is 1.12. The van der Waals surface area contributed by atoms with Crippen LogP contribution in [0.2, 0.25) is 0 Å². The summed E-state index contributed by atoms with van der Waals surface area (Å²) in [5.74, 6) is 0.670. The van der Waals surface area contributed by atoms with Gasteiger partial charge in [-0.05, 0) is 88.0 Å². The minimum Gasteiger partial charge on any atom is -0.456 e. The minimum atomic E-state index is -0.107. The van der Waals surface area contributed by atoms with Crippen molar-refractivity contribution in [2.75, 3.05) is 7.05 Å². The second-order valence-corrected chi connectivity index (χ2v) is 17.1. The highest BCUT2D eigenvalue weighted by Gasteiger charge is 2.35. The van der Waals surface area contributed by atoms with Gasteiger partial charge in [-0.3, -0.25) is 9.98 Å². The Bertz CT molecular complexity index is 3900. The lowest BCUT2D eigenvalue weighted by atomic mass is 9.82. The van der Waals surface area contributed by atoms with Crippen LogP contribution >= 0.6 is 0 Å². The van der Waals surface area contributed by atoms with Crippen LogP contribution in [0.4, 0.5) is 0 Å². The lowest BCUT2D eigenvalue weighted by Crippen LogP contribution is -2.30. The number of para-hydroxylation sites is 3. The summed E-state index contributed by atoms with van der Waals surface area (Å²) in [6.07, 6.45) is 4.05. The molecule has 0 bridgehead atoms. The van der Waals surface area contributed by atoms with E-state index in [1.165, 1.54) is 22.3 Å². The smallest absolute Gasteiger partial charge is 0.229 e. The third-order valence-electron chi connectivity index (χ3n) is 13.2. The van der Waals surface area contributed by atoms with Gasteiger partial charge in [-0.25, -0.2) is 0 Å². The number of fused-ring (bicyclic) bond motifs is 12. The average molecular weight is 815 g/mol. The van der Waals surface area contributed by atoms with Crippen LogP contribution in [0.5, 0.6) is 0 Å². The van der Waals surface area contributed by atoms with Gasteiger partial charge in [0.05, 0.1) is 11.0 Å². The second kappa shape index (κ2) is 13.8. The van der Waals surface area contributed by atoms with Gasteiger partial charge in [0.25, 0.3) is 0 Å². The standard InChI is InChI=1S/C57H42N4O2/c1-5-49-45(41-19-10-13-24-51(41)62-49)33-60(4)55(36-25-28-42-40-18-9-12-23-50(40)63-52(42)32-36)59-56(58)61-48-30-27-34-15-6-7-16-37(34)53(48)43-21-14-20-38(54(43)61)35-26-29-47-44(31-35)39-17-8-11-22-46(39)57(47,2)3/h5-33,58H,1-4H3/b45-33-,49-5+,58-56?,59-55?. The van der Waals surface area contributed by atoms with Gasteiger partial charge in [0.15, 0.2) is 0 Å². The van der Waals surface area contributed by atoms with Crippen molar-refractivity contribution < 1.29 is 8.83 Å². The normalized spacial score (nSPS) is 14.2. The highest BCUT2D eigenvalue weighted by molar-refractivity contribution is 6.26. The Morgan fingerprint density at radius 3 is 2.14 bits per heavy atom. The Hall–Kier alpha value is -7.96. The highest BCUT2D eigenvalue weighted by Crippen LogP contribution is 2.50. The Morgan fingerprint density at radius 1 is 0.619 bits per heavy atom. The predicted molar refractivity (Wildman–Crippen MR) is 261 cm³/mol. The van der Waals surface area contributed by atoms with Crippen LogP contribution < -0.4 is 10.6 Å². The van der Waals surface area contributed by atoms with Crippen molar-refractivity contribution >= 4 is 89.6 Å². The molecule has 1 aliphatic rings. The van der Waals surface area contributed by atoms with Crippen LogP contribution in [0.25, 0.3) is 100 Å². The topological polar surface area (TPSA) is 70.7 Å². The van der Waals surface area contributed by atoms with Gasteiger partial charge < -0.3 is 13.7 Å². The minimum absolute atomic E-state index is 0.0876. The first-order valence-electron chi connectivity index (χ1n) is 21.5. The fraction of sp³-hybridized carbons (Fsp3) is 0.0877. The lowest BCUT2D eigenvalue weighted by molar-refractivity contribution is 0.573. The van der Waals surface area contributed by atoms with Crippen LogP contribution in [0.1, 0.15) is 37.5 Å². The zero-order chi connectivity index (χ0) is 42.6. The number of amidine groups is 1. The number of nitrogens with zero attached hydrogens (tertiary/aromatic N) is 3. The molecule has 0 saturated carbocycles. The monoisotopic (exact) mass is 814 g/mol. The SMILES string of the molecule is C/C=c1/oc2ccccc2/c1=C/N(C)C(=NC(=N)n1c2ccc3ccccc3c2c2cccc(-c3ccc4c(c3)-c3ccccc3C4(C)C)c21)c1ccc2c(c1)oc1ccccc12. The number of hydrogen-bond acceptors (Lipinski definition) is 3. The van der Waals surface area contributed by atoms with Gasteiger partial charge in [0, 0.05) is 61.9 Å². The maximum absolute atomic E-state index is 10.2. The molecule has 302 valence electrons. The summed E-state index contributed by atoms with van der Waals surface area (Å²) in [4.78, 5) is 7.37. The molecule has 12 rings (SSSR count). The van der Waals surface area contributed by atoms with Crippen LogP contribution in [0, 0.1) is 5.41 Å². The zero-order valence-electron chi connectivity index (χ0n) is 35.4. The van der Waals surface area contributed by atoms with E-state index in [0.717, 1.165) is 92.8 Å². The van der Waals surface area contributed by atoms with Crippen molar-refractivity contribution in [2.24, 2.45) is 4.99 Å². The van der Waals surface area contributed by atoms with Gasteiger partial charge in [0.1, 0.15) is 28.0 Å². The number of furan rings is 2. The third kappa shape index (κ3) is 5.51. The molecular formula is C57H42N4O2. The predicted octanol–water partition coefficient (Wildman–Crippen LogP) is 13.0. The summed E-state index contributed by atoms with van der Waals surface area (Å²) < 4.78 is 14.8. The number of nitrogens with one attached hydrogen (secondary N) is 1. The van der Waals surface area contributed by atoms with Crippen LogP contribution in [0.15, 0.2) is 178 Å². The molecule has 0 radical (unpaired) electrons. The molecule has 1 aliphatic carbocycles. The van der Waals surface area contributed by atoms with Gasteiger partial charge >= 0.3 is 0 Å². The van der Waals surface area contributed by atoms with Crippen molar-refractivity contribution in [3.05, 3.63) is 191 Å². The molecule has 1 N–H and O–H groups in total. The van der Waals surface area contributed by atoms with E-state index in [0.29, 0.717) is 5.84 Å². The van der Waals surface area contributed by atoms with E-state index in [4.69, 9.17) is 13.8 Å². The fourth-order valence-electron chi connectivity index (χ4n) is 10.2. The maximum atomic E-state index is 10.2. The van der Waals surface area contributed by atoms with Crippen molar-refractivity contribution in [1.29, 1.82) is 5.41 Å². The highest BCUT2D eigenvalue weighted by atomic mass is 16.3. The quantitative estimate of drug-likeness (QED) is 0.143. The molecule has 11 aromatic rings. The van der Waals surface area contributed by atoms with Crippen molar-refractivity contribution in [2.45, 2.75) is 26.2 Å². The molecule has 0 aliphatic heterocycles. The van der Waals surface area contributed by atoms with Gasteiger partial charge in [-0.15, -0.1) is 0 Å². The molecule has 0 amide bonds. The fourth-order valence-corrected chi connectivity index (χ4v) is 10.2. The number of rotatable bonds is 3. The van der Waals surface area contributed by atoms with E-state index in [9.17, 15) is 5.41 Å². The third-order valence-corrected chi connectivity index (χ3v) is 13.2. The van der Waals surface area contributed by atoms with E-state index >= 15 is 0 Å². The Morgan fingerprint density at radius 2 is 1.30 bits per heavy atom. The molecule has 0 fully saturated rings. The van der Waals surface area contributed by atoms with E-state index in [2.05, 4.69) is 141 Å². The summed E-state index contributed by atoms with van der Waals surface area (Å²) in [6, 6.07) is 57.4. The summed E-state index contributed by atoms with van der Waals surface area (Å²) in [7, 11) is 1.99. The van der Waals surface area contributed by atoms with Crippen LogP contribution in [-0.4, -0.2) is 28.3 Å². The lowest BCUT2D eigenvalue weighted by Gasteiger charge is -2.21. The summed E-state index contributed by atoms with van der Waals surface area (Å²) in [5, 5.41) is 18.7. The molecule has 0 unspecified atom stereocenters. The first kappa shape index (κ1) is 36.9. The van der Waals surface area contributed by atoms with E-state index in [-0.39, 0.29) is 11.4 Å². The first-order valence-corrected chi connectivity index (χ1v) is 21.5. The number of benzene rings is 8. The number of aromatic nitrogens is 1. The first-order chi connectivity index (χ1) is 30.8. The zero-order valence-corrected chi connectivity index (χ0v) is 35.4. The van der Waals surface area contributed by atoms with E-state index < -0.39 is 0 Å². The molecule has 3 aromatic heterocycles. The molecule has 0 spiro atoms. The molecule has 6 nitrogen and oxygen atoms in total. The van der Waals surface area contributed by atoms with E-state index in [1.807, 2.05) is 72.0 Å². The molecular weight excluding hydrogens is 773 g/mol. The summed E-state index contributed by atoms with van der Waals surface area (Å²) in [5.41, 5.74) is 13.0. The van der Waals surface area contributed by atoms with Crippen molar-refractivity contribution in [3.63, 3.8) is 0 Å². The van der Waals surface area contributed by atoms with Crippen molar-refractivity contribution in [1.82, 2.24) is 9.47 Å². The summed E-state index contributed by atoms with van der Waals surface area (Å²) >= 11 is 0. The largest absolute Gasteiger partial charge is 0.456 e. The summed E-state index contributed by atoms with van der Waals surface area (Å²) in [6.45, 7) is 6.61. The molecule has 0 atom stereocenters. The molecule has 8 aromatic carbocycles. The number of aliphatic imine (C=N–C) groups is 1. The van der Waals surface area contributed by atoms with Gasteiger partial charge in [0.2, 0.25) is 5.96 Å². The van der Waals surface area contributed by atoms with Gasteiger partial charge in [-0.1, -0.05) is 141 Å². The Labute approximate surface area is 363 Å². The molecule has 6 heteroatoms. The van der Waals surface area contributed by atoms with Gasteiger partial charge in [-0.2, -0.15) is 4.99 Å². The number of hydrogen-bond donors (Lipinski definition) is 1. The Kier molecular flexibility index (Phi) is 8.06. The average Bonchev–Trinajstić information content (AvgIpc) is 4.04. The second-order valence-electron chi connectivity index (χ2n) is 17.1. The maximum Gasteiger partial charge on any atom is 0.229 e. The molecule has 63 heavy (non-hydrogen) atoms. The van der Waals surface area contributed by atoms with Crippen LogP contribution in [-0.2, 0) is 5.41 Å².